The van der Waals surface area contributed by atoms with E-state index in [1.54, 1.807) is 13.0 Å². The number of hydrogen-bond donors (Lipinski definition) is 1. The molecule has 0 saturated heterocycles. The molecule has 144 valence electrons. The third-order valence-corrected chi connectivity index (χ3v) is 4.96. The fourth-order valence-electron chi connectivity index (χ4n) is 3.22. The first-order valence-corrected chi connectivity index (χ1v) is 9.33. The number of rotatable bonds is 5. The first-order valence-electron chi connectivity index (χ1n) is 8.95. The number of fused-ring (bicyclic) bond motifs is 1. The number of aromatic nitrogens is 1. The molecule has 1 aromatic heterocycles. The highest BCUT2D eigenvalue weighted by atomic mass is 35.5. The average molecular weight is 397 g/mol. The van der Waals surface area contributed by atoms with Gasteiger partial charge in [-0.25, -0.2) is 4.79 Å². The van der Waals surface area contributed by atoms with Crippen molar-refractivity contribution in [2.24, 2.45) is 0 Å². The average Bonchev–Trinajstić information content (AvgIpc) is 2.66. The van der Waals surface area contributed by atoms with E-state index in [1.807, 2.05) is 56.3 Å². The lowest BCUT2D eigenvalue weighted by Crippen LogP contribution is -2.31. The summed E-state index contributed by atoms with van der Waals surface area (Å²) in [5.74, 6) is -0.960. The molecule has 3 rings (SSSR count). The molecule has 0 bridgehead atoms. The lowest BCUT2D eigenvalue weighted by molar-refractivity contribution is -0.124. The molecule has 0 saturated carbocycles. The van der Waals surface area contributed by atoms with Gasteiger partial charge < -0.3 is 10.1 Å². The summed E-state index contributed by atoms with van der Waals surface area (Å²) in [5, 5.41) is 4.24. The van der Waals surface area contributed by atoms with Crippen LogP contribution in [0.1, 0.15) is 40.1 Å². The van der Waals surface area contributed by atoms with Crippen LogP contribution in [0.25, 0.3) is 10.9 Å². The van der Waals surface area contributed by atoms with Gasteiger partial charge in [0.05, 0.1) is 22.8 Å². The van der Waals surface area contributed by atoms with Crippen molar-refractivity contribution in [3.63, 3.8) is 0 Å². The fraction of sp³-hybridized carbons (Fsp3) is 0.227. The normalized spacial score (nSPS) is 11.9. The van der Waals surface area contributed by atoms with Crippen molar-refractivity contribution in [1.29, 1.82) is 0 Å². The standard InChI is InChI=1S/C22H21ClN2O3/c1-13-16-8-5-7-11-19(16)24-15(3)21(13)22(27)28-12-20(26)25-14(2)17-9-4-6-10-18(17)23/h4-11,14H,12H2,1-3H3,(H,25,26)/t14-/m1/s1. The molecule has 28 heavy (non-hydrogen) atoms. The number of ether oxygens (including phenoxy) is 1. The topological polar surface area (TPSA) is 68.3 Å². The van der Waals surface area contributed by atoms with Crippen LogP contribution < -0.4 is 5.32 Å². The molecule has 6 heteroatoms. The molecule has 0 spiro atoms. The molecule has 0 unspecified atom stereocenters. The smallest absolute Gasteiger partial charge is 0.340 e. The monoisotopic (exact) mass is 396 g/mol. The molecule has 1 atom stereocenters. The van der Waals surface area contributed by atoms with E-state index in [9.17, 15) is 9.59 Å². The summed E-state index contributed by atoms with van der Waals surface area (Å²) in [5.41, 5.74) is 3.38. The predicted octanol–water partition coefficient (Wildman–Crippen LogP) is 4.54. The Hall–Kier alpha value is -2.92. The van der Waals surface area contributed by atoms with Crippen molar-refractivity contribution in [3.05, 3.63) is 75.9 Å². The third-order valence-electron chi connectivity index (χ3n) is 4.62. The van der Waals surface area contributed by atoms with Gasteiger partial charge in [0, 0.05) is 10.4 Å². The second kappa shape index (κ2) is 8.40. The first kappa shape index (κ1) is 19.8. The van der Waals surface area contributed by atoms with Crippen molar-refractivity contribution in [2.75, 3.05) is 6.61 Å². The van der Waals surface area contributed by atoms with E-state index >= 15 is 0 Å². The van der Waals surface area contributed by atoms with Gasteiger partial charge in [-0.1, -0.05) is 48.0 Å². The number of hydrogen-bond acceptors (Lipinski definition) is 4. The van der Waals surface area contributed by atoms with Crippen molar-refractivity contribution in [2.45, 2.75) is 26.8 Å². The molecule has 0 aliphatic rings. The number of amides is 1. The molecule has 0 fully saturated rings. The lowest BCUT2D eigenvalue weighted by Gasteiger charge is -2.16. The first-order chi connectivity index (χ1) is 13.4. The van der Waals surface area contributed by atoms with Crippen LogP contribution in [0.4, 0.5) is 0 Å². The quantitative estimate of drug-likeness (QED) is 0.643. The van der Waals surface area contributed by atoms with Crippen molar-refractivity contribution < 1.29 is 14.3 Å². The number of esters is 1. The highest BCUT2D eigenvalue weighted by Gasteiger charge is 2.19. The summed E-state index contributed by atoms with van der Waals surface area (Å²) < 4.78 is 5.24. The van der Waals surface area contributed by atoms with Crippen LogP contribution in [0.2, 0.25) is 5.02 Å². The molecule has 0 aliphatic carbocycles. The highest BCUT2D eigenvalue weighted by Crippen LogP contribution is 2.24. The number of nitrogens with zero attached hydrogens (tertiary/aromatic N) is 1. The Kier molecular flexibility index (Phi) is 5.95. The second-order valence-corrected chi connectivity index (χ2v) is 7.01. The van der Waals surface area contributed by atoms with E-state index in [1.165, 1.54) is 0 Å². The molecule has 2 aromatic carbocycles. The maximum atomic E-state index is 12.6. The van der Waals surface area contributed by atoms with Crippen molar-refractivity contribution in [3.8, 4) is 0 Å². The number of halogens is 1. The number of aryl methyl sites for hydroxylation is 2. The molecular formula is C22H21ClN2O3. The zero-order chi connectivity index (χ0) is 20.3. The Morgan fingerprint density at radius 2 is 1.79 bits per heavy atom. The summed E-state index contributed by atoms with van der Waals surface area (Å²) >= 11 is 6.15. The van der Waals surface area contributed by atoms with Gasteiger partial charge in [0.1, 0.15) is 0 Å². The van der Waals surface area contributed by atoms with Crippen LogP contribution in [0, 0.1) is 13.8 Å². The molecule has 1 amide bonds. The van der Waals surface area contributed by atoms with Gasteiger partial charge in [0.25, 0.3) is 5.91 Å². The molecule has 1 heterocycles. The van der Waals surface area contributed by atoms with Crippen molar-refractivity contribution >= 4 is 34.4 Å². The van der Waals surface area contributed by atoms with Crippen LogP contribution in [0.15, 0.2) is 48.5 Å². The van der Waals surface area contributed by atoms with E-state index in [0.717, 1.165) is 22.0 Å². The van der Waals surface area contributed by atoms with Gasteiger partial charge in [-0.3, -0.25) is 9.78 Å². The largest absolute Gasteiger partial charge is 0.452 e. The SMILES string of the molecule is Cc1nc2ccccc2c(C)c1C(=O)OCC(=O)N[C@H](C)c1ccccc1Cl. The molecule has 5 nitrogen and oxygen atoms in total. The molecule has 1 N–H and O–H groups in total. The Bertz CT molecular complexity index is 1050. The summed E-state index contributed by atoms with van der Waals surface area (Å²) in [6.45, 7) is 5.06. The summed E-state index contributed by atoms with van der Waals surface area (Å²) in [4.78, 5) is 29.3. The Balaban J connectivity index is 1.68. The van der Waals surface area contributed by atoms with Gasteiger partial charge in [0.2, 0.25) is 0 Å². The van der Waals surface area contributed by atoms with E-state index in [2.05, 4.69) is 10.3 Å². The van der Waals surface area contributed by atoms with Crippen LogP contribution in [-0.4, -0.2) is 23.5 Å². The van der Waals surface area contributed by atoms with Gasteiger partial charge in [-0.05, 0) is 44.0 Å². The van der Waals surface area contributed by atoms with Gasteiger partial charge in [-0.15, -0.1) is 0 Å². The molecule has 0 radical (unpaired) electrons. The summed E-state index contributed by atoms with van der Waals surface area (Å²) in [6, 6.07) is 14.6. The minimum absolute atomic E-state index is 0.300. The number of nitrogens with one attached hydrogen (secondary N) is 1. The number of para-hydroxylation sites is 1. The molecule has 0 aliphatic heterocycles. The number of benzene rings is 2. The van der Waals surface area contributed by atoms with E-state index in [0.29, 0.717) is 16.3 Å². The van der Waals surface area contributed by atoms with Gasteiger partial charge in [-0.2, -0.15) is 0 Å². The lowest BCUT2D eigenvalue weighted by atomic mass is 10.0. The Morgan fingerprint density at radius 3 is 2.54 bits per heavy atom. The fourth-order valence-corrected chi connectivity index (χ4v) is 3.52. The number of carbonyl (C=O) groups is 2. The summed E-state index contributed by atoms with van der Waals surface area (Å²) in [7, 11) is 0. The third kappa shape index (κ3) is 4.15. The number of carbonyl (C=O) groups excluding carboxylic acids is 2. The van der Waals surface area contributed by atoms with Crippen LogP contribution in [0.5, 0.6) is 0 Å². The highest BCUT2D eigenvalue weighted by molar-refractivity contribution is 6.31. The maximum absolute atomic E-state index is 12.6. The minimum Gasteiger partial charge on any atom is -0.452 e. The minimum atomic E-state index is -0.561. The molecule has 3 aromatic rings. The van der Waals surface area contributed by atoms with E-state index in [-0.39, 0.29) is 12.6 Å². The van der Waals surface area contributed by atoms with Gasteiger partial charge in [0.15, 0.2) is 6.61 Å². The van der Waals surface area contributed by atoms with E-state index < -0.39 is 11.9 Å². The van der Waals surface area contributed by atoms with E-state index in [4.69, 9.17) is 16.3 Å². The van der Waals surface area contributed by atoms with Crippen LogP contribution in [0.3, 0.4) is 0 Å². The number of pyridine rings is 1. The Labute approximate surface area is 168 Å². The second-order valence-electron chi connectivity index (χ2n) is 6.60. The van der Waals surface area contributed by atoms with Gasteiger partial charge >= 0.3 is 5.97 Å². The zero-order valence-corrected chi connectivity index (χ0v) is 16.7. The summed E-state index contributed by atoms with van der Waals surface area (Å²) in [6.07, 6.45) is 0. The predicted molar refractivity (Wildman–Crippen MR) is 110 cm³/mol. The molecular weight excluding hydrogens is 376 g/mol. The van der Waals surface area contributed by atoms with Crippen LogP contribution in [-0.2, 0) is 9.53 Å². The zero-order valence-electron chi connectivity index (χ0n) is 16.0. The Morgan fingerprint density at radius 1 is 1.11 bits per heavy atom. The maximum Gasteiger partial charge on any atom is 0.340 e. The van der Waals surface area contributed by atoms with Crippen molar-refractivity contribution in [1.82, 2.24) is 10.3 Å². The van der Waals surface area contributed by atoms with Crippen LogP contribution >= 0.6 is 11.6 Å².